The molecule has 0 aliphatic heterocycles. The highest BCUT2D eigenvalue weighted by molar-refractivity contribution is 6.19. The van der Waals surface area contributed by atoms with Crippen LogP contribution in [0.25, 0.3) is 38.6 Å². The van der Waals surface area contributed by atoms with E-state index in [0.717, 1.165) is 17.1 Å². The van der Waals surface area contributed by atoms with Crippen molar-refractivity contribution < 1.29 is 0 Å². The fourth-order valence-corrected chi connectivity index (χ4v) is 5.20. The molecule has 7 rings (SSSR count). The van der Waals surface area contributed by atoms with Crippen molar-refractivity contribution in [1.82, 2.24) is 9.38 Å². The SMILES string of the molecule is c1ccc(N(c2ccccc2)c2ccc(-c3c4c5ccccc5[nH]c4c4ccccn34)cc2)cc1. The first-order chi connectivity index (χ1) is 17.4. The van der Waals surface area contributed by atoms with Gasteiger partial charge in [-0.2, -0.15) is 0 Å². The average molecular weight is 450 g/mol. The molecule has 0 fully saturated rings. The summed E-state index contributed by atoms with van der Waals surface area (Å²) in [7, 11) is 0. The van der Waals surface area contributed by atoms with Gasteiger partial charge in [-0.1, -0.05) is 72.8 Å². The Labute approximate surface area is 203 Å². The number of anilines is 3. The van der Waals surface area contributed by atoms with Gasteiger partial charge in [-0.3, -0.25) is 0 Å². The molecule has 3 aromatic heterocycles. The summed E-state index contributed by atoms with van der Waals surface area (Å²) in [6.07, 6.45) is 2.15. The molecule has 0 radical (unpaired) electrons. The summed E-state index contributed by atoms with van der Waals surface area (Å²) in [6.45, 7) is 0. The van der Waals surface area contributed by atoms with Crippen LogP contribution in [0.4, 0.5) is 17.1 Å². The molecule has 0 saturated carbocycles. The Kier molecular flexibility index (Phi) is 4.46. The lowest BCUT2D eigenvalue weighted by Gasteiger charge is -2.25. The molecule has 0 bridgehead atoms. The molecule has 0 atom stereocenters. The van der Waals surface area contributed by atoms with Gasteiger partial charge in [0.2, 0.25) is 0 Å². The molecule has 0 saturated heterocycles. The molecule has 4 aromatic carbocycles. The first kappa shape index (κ1) is 19.7. The third-order valence-electron chi connectivity index (χ3n) is 6.73. The van der Waals surface area contributed by atoms with Crippen molar-refractivity contribution in [3.8, 4) is 11.3 Å². The van der Waals surface area contributed by atoms with Gasteiger partial charge in [0.1, 0.15) is 0 Å². The third-order valence-corrected chi connectivity index (χ3v) is 6.73. The maximum absolute atomic E-state index is 3.65. The molecule has 35 heavy (non-hydrogen) atoms. The van der Waals surface area contributed by atoms with Crippen LogP contribution in [-0.4, -0.2) is 9.38 Å². The number of pyridine rings is 1. The van der Waals surface area contributed by atoms with Crippen LogP contribution in [0, 0.1) is 0 Å². The van der Waals surface area contributed by atoms with Gasteiger partial charge < -0.3 is 14.3 Å². The van der Waals surface area contributed by atoms with Gasteiger partial charge in [0, 0.05) is 39.5 Å². The van der Waals surface area contributed by atoms with Crippen LogP contribution in [0.3, 0.4) is 0 Å². The van der Waals surface area contributed by atoms with Crippen LogP contribution in [0.15, 0.2) is 134 Å². The fraction of sp³-hybridized carbons (Fsp3) is 0. The van der Waals surface area contributed by atoms with Crippen LogP contribution in [-0.2, 0) is 0 Å². The summed E-state index contributed by atoms with van der Waals surface area (Å²) in [4.78, 5) is 5.95. The Hall–Kier alpha value is -4.76. The van der Waals surface area contributed by atoms with Crippen molar-refractivity contribution in [3.63, 3.8) is 0 Å². The largest absolute Gasteiger partial charge is 0.353 e. The van der Waals surface area contributed by atoms with E-state index in [4.69, 9.17) is 0 Å². The summed E-state index contributed by atoms with van der Waals surface area (Å²) in [5, 5.41) is 2.52. The van der Waals surface area contributed by atoms with E-state index in [1.807, 2.05) is 0 Å². The molecule has 3 nitrogen and oxygen atoms in total. The molecule has 0 aliphatic carbocycles. The maximum atomic E-state index is 3.65. The highest BCUT2D eigenvalue weighted by Crippen LogP contribution is 2.40. The van der Waals surface area contributed by atoms with E-state index in [-0.39, 0.29) is 0 Å². The Bertz CT molecular complexity index is 1730. The zero-order chi connectivity index (χ0) is 23.2. The van der Waals surface area contributed by atoms with Crippen LogP contribution < -0.4 is 4.90 Å². The monoisotopic (exact) mass is 449 g/mol. The summed E-state index contributed by atoms with van der Waals surface area (Å²) < 4.78 is 2.30. The van der Waals surface area contributed by atoms with Gasteiger partial charge in [-0.15, -0.1) is 0 Å². The van der Waals surface area contributed by atoms with Crippen LogP contribution in [0.2, 0.25) is 0 Å². The van der Waals surface area contributed by atoms with E-state index in [1.54, 1.807) is 0 Å². The quantitative estimate of drug-likeness (QED) is 0.285. The van der Waals surface area contributed by atoms with Crippen molar-refractivity contribution >= 4 is 44.4 Å². The summed E-state index contributed by atoms with van der Waals surface area (Å²) in [5.41, 5.74) is 9.34. The molecule has 0 amide bonds. The molecule has 1 N–H and O–H groups in total. The Morgan fingerprint density at radius 2 is 1.14 bits per heavy atom. The van der Waals surface area contributed by atoms with Gasteiger partial charge in [0.15, 0.2) is 0 Å². The van der Waals surface area contributed by atoms with Crippen LogP contribution >= 0.6 is 0 Å². The van der Waals surface area contributed by atoms with Crippen LogP contribution in [0.5, 0.6) is 0 Å². The second-order valence-electron chi connectivity index (χ2n) is 8.78. The standard InChI is InChI=1S/C32H23N3/c1-3-11-24(12-4-1)35(25-13-5-2-6-14-25)26-20-18-23(19-21-26)32-30-27-15-7-8-16-28(27)33-31(30)29-17-9-10-22-34(29)32/h1-22,33H. The zero-order valence-corrected chi connectivity index (χ0v) is 19.1. The first-order valence-electron chi connectivity index (χ1n) is 11.9. The number of aromatic nitrogens is 2. The molecule has 0 unspecified atom stereocenters. The number of hydrogen-bond donors (Lipinski definition) is 1. The molecule has 3 heterocycles. The average Bonchev–Trinajstić information content (AvgIpc) is 3.46. The van der Waals surface area contributed by atoms with E-state index < -0.39 is 0 Å². The first-order valence-corrected chi connectivity index (χ1v) is 11.9. The maximum Gasteiger partial charge on any atom is 0.0731 e. The Morgan fingerprint density at radius 1 is 0.543 bits per heavy atom. The highest BCUT2D eigenvalue weighted by Gasteiger charge is 2.18. The number of benzene rings is 4. The van der Waals surface area contributed by atoms with Gasteiger partial charge in [-0.05, 0) is 60.2 Å². The lowest BCUT2D eigenvalue weighted by Crippen LogP contribution is -2.09. The normalized spacial score (nSPS) is 11.4. The predicted molar refractivity (Wildman–Crippen MR) is 147 cm³/mol. The minimum absolute atomic E-state index is 1.13. The number of para-hydroxylation sites is 3. The van der Waals surface area contributed by atoms with E-state index in [9.17, 15) is 0 Å². The van der Waals surface area contributed by atoms with Crippen molar-refractivity contribution in [2.75, 3.05) is 4.90 Å². The number of H-pyrrole nitrogens is 1. The fourth-order valence-electron chi connectivity index (χ4n) is 5.20. The van der Waals surface area contributed by atoms with E-state index in [1.165, 1.54) is 38.6 Å². The number of hydrogen-bond acceptors (Lipinski definition) is 1. The molecule has 7 aromatic rings. The van der Waals surface area contributed by atoms with E-state index in [2.05, 4.69) is 148 Å². The molecule has 0 aliphatic rings. The van der Waals surface area contributed by atoms with Crippen molar-refractivity contribution in [2.24, 2.45) is 0 Å². The van der Waals surface area contributed by atoms with Crippen molar-refractivity contribution in [2.45, 2.75) is 0 Å². The minimum Gasteiger partial charge on any atom is -0.353 e. The lowest BCUT2D eigenvalue weighted by atomic mass is 10.1. The molecule has 3 heteroatoms. The Balaban J connectivity index is 1.42. The summed E-state index contributed by atoms with van der Waals surface area (Å²) in [5.74, 6) is 0. The van der Waals surface area contributed by atoms with Gasteiger partial charge >= 0.3 is 0 Å². The topological polar surface area (TPSA) is 23.4 Å². The third kappa shape index (κ3) is 3.13. The van der Waals surface area contributed by atoms with Crippen molar-refractivity contribution in [3.05, 3.63) is 134 Å². The predicted octanol–water partition coefficient (Wildman–Crippen LogP) is 8.71. The van der Waals surface area contributed by atoms with Gasteiger partial charge in [0.05, 0.1) is 16.7 Å². The molecule has 0 spiro atoms. The second kappa shape index (κ2) is 7.93. The number of nitrogens with one attached hydrogen (secondary N) is 1. The van der Waals surface area contributed by atoms with Crippen molar-refractivity contribution in [1.29, 1.82) is 0 Å². The zero-order valence-electron chi connectivity index (χ0n) is 19.1. The summed E-state index contributed by atoms with van der Waals surface area (Å²) in [6, 6.07) is 44.9. The number of rotatable bonds is 4. The minimum atomic E-state index is 1.13. The van der Waals surface area contributed by atoms with E-state index >= 15 is 0 Å². The molecule has 166 valence electrons. The number of fused-ring (bicyclic) bond motifs is 5. The van der Waals surface area contributed by atoms with Gasteiger partial charge in [-0.25, -0.2) is 0 Å². The number of aromatic amines is 1. The number of nitrogens with zero attached hydrogens (tertiary/aromatic N) is 2. The Morgan fingerprint density at radius 3 is 1.86 bits per heavy atom. The summed E-state index contributed by atoms with van der Waals surface area (Å²) >= 11 is 0. The molecular weight excluding hydrogens is 426 g/mol. The second-order valence-corrected chi connectivity index (χ2v) is 8.78. The smallest absolute Gasteiger partial charge is 0.0731 e. The van der Waals surface area contributed by atoms with Gasteiger partial charge in [0.25, 0.3) is 0 Å². The highest BCUT2D eigenvalue weighted by atomic mass is 15.1. The molecular formula is C32H23N3. The van der Waals surface area contributed by atoms with E-state index in [0.29, 0.717) is 0 Å². The lowest BCUT2D eigenvalue weighted by molar-refractivity contribution is 1.21. The van der Waals surface area contributed by atoms with Crippen LogP contribution in [0.1, 0.15) is 0 Å².